The SMILES string of the molecule is CCOC(=O)Cc1nc(C([N+](=O)[O-])[N+](=O)[O-])n[nH]1. The summed E-state index contributed by atoms with van der Waals surface area (Å²) in [5.41, 5.74) is 0. The second kappa shape index (κ2) is 5.65. The Kier molecular flexibility index (Phi) is 4.23. The van der Waals surface area contributed by atoms with Crippen LogP contribution in [0.25, 0.3) is 0 Å². The Bertz CT molecular complexity index is 457. The molecule has 0 saturated heterocycles. The van der Waals surface area contributed by atoms with E-state index in [0.29, 0.717) is 0 Å². The number of nitrogens with one attached hydrogen (secondary N) is 1. The van der Waals surface area contributed by atoms with Crippen molar-refractivity contribution in [2.75, 3.05) is 6.61 Å². The normalized spacial score (nSPS) is 10.3. The summed E-state index contributed by atoms with van der Waals surface area (Å²) in [5.74, 6) is -1.25. The minimum atomic E-state index is -2.25. The Morgan fingerprint density at radius 1 is 1.44 bits per heavy atom. The lowest BCUT2D eigenvalue weighted by Gasteiger charge is -1.97. The fraction of sp³-hybridized carbons (Fsp3) is 0.571. The summed E-state index contributed by atoms with van der Waals surface area (Å²) in [5, 5.41) is 26.5. The van der Waals surface area contributed by atoms with E-state index in [1.54, 1.807) is 6.92 Å². The van der Waals surface area contributed by atoms with Gasteiger partial charge in [0.25, 0.3) is 0 Å². The summed E-state index contributed by atoms with van der Waals surface area (Å²) in [6.07, 6.45) is -2.54. The third-order valence-electron chi connectivity index (χ3n) is 1.80. The highest BCUT2D eigenvalue weighted by Crippen LogP contribution is 2.12. The van der Waals surface area contributed by atoms with E-state index < -0.39 is 27.8 Å². The number of carbonyl (C=O) groups excluding carboxylic acids is 1. The molecule has 0 saturated carbocycles. The molecule has 0 radical (unpaired) electrons. The molecule has 1 N–H and O–H groups in total. The zero-order valence-corrected chi connectivity index (χ0v) is 9.23. The molecule has 0 spiro atoms. The van der Waals surface area contributed by atoms with Crippen molar-refractivity contribution in [3.8, 4) is 0 Å². The van der Waals surface area contributed by atoms with Gasteiger partial charge in [-0.3, -0.25) is 30.1 Å². The van der Waals surface area contributed by atoms with Crippen LogP contribution in [0.15, 0.2) is 0 Å². The van der Waals surface area contributed by atoms with Gasteiger partial charge in [0.05, 0.1) is 6.61 Å². The highest BCUT2D eigenvalue weighted by Gasteiger charge is 2.39. The van der Waals surface area contributed by atoms with E-state index >= 15 is 0 Å². The molecule has 0 aliphatic heterocycles. The molecular formula is C7H9N5O6. The molecule has 0 unspecified atom stereocenters. The number of aromatic nitrogens is 3. The van der Waals surface area contributed by atoms with Gasteiger partial charge in [0, 0.05) is 0 Å². The minimum absolute atomic E-state index is 0.0304. The lowest BCUT2D eigenvalue weighted by atomic mass is 10.4. The van der Waals surface area contributed by atoms with Crippen molar-refractivity contribution in [1.82, 2.24) is 15.2 Å². The number of hydrogen-bond donors (Lipinski definition) is 1. The van der Waals surface area contributed by atoms with Gasteiger partial charge in [-0.25, -0.2) is 4.98 Å². The van der Waals surface area contributed by atoms with Gasteiger partial charge in [-0.2, -0.15) is 0 Å². The van der Waals surface area contributed by atoms with Crippen LogP contribution in [0.3, 0.4) is 0 Å². The van der Waals surface area contributed by atoms with E-state index in [2.05, 4.69) is 19.9 Å². The molecule has 0 fully saturated rings. The number of ether oxygens (including phenoxy) is 1. The molecule has 1 heterocycles. The molecule has 11 heteroatoms. The molecule has 0 aromatic carbocycles. The maximum absolute atomic E-state index is 11.1. The molecule has 1 aromatic heterocycles. The van der Waals surface area contributed by atoms with E-state index in [4.69, 9.17) is 0 Å². The van der Waals surface area contributed by atoms with Crippen molar-refractivity contribution in [1.29, 1.82) is 0 Å². The average molecular weight is 259 g/mol. The lowest BCUT2D eigenvalue weighted by molar-refractivity contribution is -0.754. The van der Waals surface area contributed by atoms with E-state index in [-0.39, 0.29) is 18.9 Å². The standard InChI is InChI=1S/C7H9N5O6/c1-2-18-5(13)3-4-8-6(10-9-4)7(11(14)15)12(16)17/h7H,2-3H2,1H3,(H,8,9,10). The monoisotopic (exact) mass is 259 g/mol. The molecule has 0 atom stereocenters. The number of H-pyrrole nitrogens is 1. The van der Waals surface area contributed by atoms with Gasteiger partial charge in [0.2, 0.25) is 0 Å². The average Bonchev–Trinajstić information content (AvgIpc) is 2.65. The number of nitro groups is 2. The largest absolute Gasteiger partial charge is 0.511 e. The van der Waals surface area contributed by atoms with Crippen LogP contribution in [-0.2, 0) is 16.0 Å². The summed E-state index contributed by atoms with van der Waals surface area (Å²) in [6, 6.07) is 0. The number of aromatic amines is 1. The highest BCUT2D eigenvalue weighted by molar-refractivity contribution is 5.71. The van der Waals surface area contributed by atoms with Crippen molar-refractivity contribution in [2.45, 2.75) is 19.5 Å². The van der Waals surface area contributed by atoms with Crippen molar-refractivity contribution in [2.24, 2.45) is 0 Å². The predicted octanol–water partition coefficient (Wildman–Crippen LogP) is -0.538. The molecule has 0 aliphatic rings. The highest BCUT2D eigenvalue weighted by atomic mass is 16.7. The van der Waals surface area contributed by atoms with Gasteiger partial charge < -0.3 is 4.74 Å². The van der Waals surface area contributed by atoms with Gasteiger partial charge in [-0.15, -0.1) is 5.10 Å². The summed E-state index contributed by atoms with van der Waals surface area (Å²) in [4.78, 5) is 33.3. The van der Waals surface area contributed by atoms with E-state index in [1.165, 1.54) is 0 Å². The second-order valence-corrected chi connectivity index (χ2v) is 3.07. The summed E-state index contributed by atoms with van der Waals surface area (Å²) in [7, 11) is 0. The quantitative estimate of drug-likeness (QED) is 0.309. The van der Waals surface area contributed by atoms with Crippen LogP contribution in [0.4, 0.5) is 0 Å². The van der Waals surface area contributed by atoms with E-state index in [1.807, 2.05) is 0 Å². The predicted molar refractivity (Wildman–Crippen MR) is 53.4 cm³/mol. The summed E-state index contributed by atoms with van der Waals surface area (Å²) >= 11 is 0. The van der Waals surface area contributed by atoms with Crippen LogP contribution >= 0.6 is 0 Å². The lowest BCUT2D eigenvalue weighted by Crippen LogP contribution is -2.21. The van der Waals surface area contributed by atoms with Crippen molar-refractivity contribution >= 4 is 5.97 Å². The van der Waals surface area contributed by atoms with Gasteiger partial charge in [-0.05, 0) is 6.92 Å². The Morgan fingerprint density at radius 2 is 2.06 bits per heavy atom. The fourth-order valence-corrected chi connectivity index (χ4v) is 1.12. The Balaban J connectivity index is 2.82. The van der Waals surface area contributed by atoms with Crippen LogP contribution in [0, 0.1) is 20.2 Å². The van der Waals surface area contributed by atoms with Crippen molar-refractivity contribution < 1.29 is 19.4 Å². The first-order valence-electron chi connectivity index (χ1n) is 4.79. The van der Waals surface area contributed by atoms with Crippen LogP contribution in [-0.4, -0.2) is 37.6 Å². The third kappa shape index (κ3) is 3.20. The Labute approximate surface area is 99.5 Å². The molecule has 1 aromatic rings. The summed E-state index contributed by atoms with van der Waals surface area (Å²) < 4.78 is 4.62. The van der Waals surface area contributed by atoms with Crippen molar-refractivity contribution in [3.05, 3.63) is 31.9 Å². The van der Waals surface area contributed by atoms with Gasteiger partial charge in [0.1, 0.15) is 22.1 Å². The number of nitrogens with zero attached hydrogens (tertiary/aromatic N) is 4. The zero-order chi connectivity index (χ0) is 13.7. The van der Waals surface area contributed by atoms with Crippen LogP contribution < -0.4 is 0 Å². The third-order valence-corrected chi connectivity index (χ3v) is 1.80. The Hall–Kier alpha value is -2.59. The van der Waals surface area contributed by atoms with Crippen molar-refractivity contribution in [3.63, 3.8) is 0 Å². The number of hydrogen-bond acceptors (Lipinski definition) is 8. The number of esters is 1. The minimum Gasteiger partial charge on any atom is -0.466 e. The smallest absolute Gasteiger partial charge is 0.466 e. The van der Waals surface area contributed by atoms with E-state index in [9.17, 15) is 25.0 Å². The fourth-order valence-electron chi connectivity index (χ4n) is 1.12. The molecular weight excluding hydrogens is 250 g/mol. The maximum atomic E-state index is 11.1. The van der Waals surface area contributed by atoms with Crippen LogP contribution in [0.1, 0.15) is 24.7 Å². The molecule has 0 bridgehead atoms. The maximum Gasteiger partial charge on any atom is 0.511 e. The second-order valence-electron chi connectivity index (χ2n) is 3.07. The molecule has 1 rings (SSSR count). The molecule has 18 heavy (non-hydrogen) atoms. The first kappa shape index (κ1) is 13.5. The van der Waals surface area contributed by atoms with Gasteiger partial charge in [0.15, 0.2) is 0 Å². The van der Waals surface area contributed by atoms with Crippen LogP contribution in [0.2, 0.25) is 0 Å². The number of rotatable bonds is 6. The molecule has 0 amide bonds. The van der Waals surface area contributed by atoms with Gasteiger partial charge >= 0.3 is 18.0 Å². The van der Waals surface area contributed by atoms with E-state index in [0.717, 1.165) is 0 Å². The topological polar surface area (TPSA) is 154 Å². The zero-order valence-electron chi connectivity index (χ0n) is 9.23. The first-order valence-corrected chi connectivity index (χ1v) is 4.79. The molecule has 0 aliphatic carbocycles. The van der Waals surface area contributed by atoms with Crippen LogP contribution in [0.5, 0.6) is 0 Å². The Morgan fingerprint density at radius 3 is 2.56 bits per heavy atom. The molecule has 98 valence electrons. The summed E-state index contributed by atoms with van der Waals surface area (Å²) in [6.45, 7) is 1.78. The first-order chi connectivity index (χ1) is 8.45. The van der Waals surface area contributed by atoms with Gasteiger partial charge in [-0.1, -0.05) is 0 Å². The molecule has 11 nitrogen and oxygen atoms in total. The number of carbonyl (C=O) groups is 1.